The predicted octanol–water partition coefficient (Wildman–Crippen LogP) is 6.28. The summed E-state index contributed by atoms with van der Waals surface area (Å²) in [5.41, 5.74) is 6.96. The van der Waals surface area contributed by atoms with Crippen LogP contribution in [0.3, 0.4) is 0 Å². The molecule has 3 nitrogen and oxygen atoms in total. The summed E-state index contributed by atoms with van der Waals surface area (Å²) in [5, 5.41) is 2.49. The third-order valence-electron chi connectivity index (χ3n) is 5.50. The highest BCUT2D eigenvalue weighted by Crippen LogP contribution is 2.34. The molecule has 6 aromatic rings. The third kappa shape index (κ3) is 2.53. The average molecular weight is 439 g/mol. The van der Waals surface area contributed by atoms with Crippen LogP contribution in [-0.2, 0) is 0 Å². The molecular weight excluding hydrogens is 422 g/mol. The van der Waals surface area contributed by atoms with Crippen LogP contribution < -0.4 is 4.40 Å². The first-order valence-electron chi connectivity index (χ1n) is 9.57. The van der Waals surface area contributed by atoms with Gasteiger partial charge in [-0.1, -0.05) is 52.3 Å². The van der Waals surface area contributed by atoms with Gasteiger partial charge in [-0.2, -0.15) is 8.97 Å². The van der Waals surface area contributed by atoms with E-state index in [1.165, 1.54) is 27.5 Å². The molecule has 3 heterocycles. The molecule has 0 aliphatic rings. The smallest absolute Gasteiger partial charge is 0.254 e. The van der Waals surface area contributed by atoms with Crippen LogP contribution in [-0.4, -0.2) is 9.55 Å². The number of aromatic amines is 1. The Morgan fingerprint density at radius 3 is 2.34 bits per heavy atom. The van der Waals surface area contributed by atoms with Gasteiger partial charge in [0.25, 0.3) is 6.33 Å². The number of nitrogens with zero attached hydrogens (tertiary/aromatic N) is 2. The molecule has 0 amide bonds. The molecule has 0 bridgehead atoms. The monoisotopic (exact) mass is 438 g/mol. The maximum Gasteiger partial charge on any atom is 0.254 e. The first kappa shape index (κ1) is 16.6. The van der Waals surface area contributed by atoms with Crippen molar-refractivity contribution in [2.24, 2.45) is 0 Å². The van der Waals surface area contributed by atoms with Crippen LogP contribution in [0.25, 0.3) is 44.3 Å². The minimum Gasteiger partial charge on any atom is -0.351 e. The second-order valence-corrected chi connectivity index (χ2v) is 8.12. The number of hydrogen-bond donors (Lipinski definition) is 1. The van der Waals surface area contributed by atoms with Gasteiger partial charge in [0, 0.05) is 26.3 Å². The van der Waals surface area contributed by atoms with Gasteiger partial charge in [0.05, 0.1) is 11.7 Å². The lowest BCUT2D eigenvalue weighted by Gasteiger charge is -2.03. The lowest BCUT2D eigenvalue weighted by molar-refractivity contribution is -0.510. The van der Waals surface area contributed by atoms with Crippen molar-refractivity contribution in [2.75, 3.05) is 0 Å². The Morgan fingerprint density at radius 2 is 1.52 bits per heavy atom. The van der Waals surface area contributed by atoms with Crippen LogP contribution >= 0.6 is 15.9 Å². The van der Waals surface area contributed by atoms with Gasteiger partial charge < -0.3 is 4.98 Å². The van der Waals surface area contributed by atoms with Gasteiger partial charge in [0.2, 0.25) is 5.52 Å². The summed E-state index contributed by atoms with van der Waals surface area (Å²) in [6.45, 7) is 0. The molecule has 3 aromatic heterocycles. The molecule has 0 aliphatic heterocycles. The number of aromatic nitrogens is 3. The van der Waals surface area contributed by atoms with E-state index in [-0.39, 0.29) is 0 Å². The maximum atomic E-state index is 3.66. The van der Waals surface area contributed by atoms with Gasteiger partial charge in [-0.25, -0.2) is 0 Å². The molecule has 0 radical (unpaired) electrons. The summed E-state index contributed by atoms with van der Waals surface area (Å²) >= 11 is 3.57. The van der Waals surface area contributed by atoms with Crippen molar-refractivity contribution in [3.63, 3.8) is 0 Å². The van der Waals surface area contributed by atoms with E-state index >= 15 is 0 Å². The molecule has 1 N–H and O–H groups in total. The molecular formula is C25H17BrN3+. The van der Waals surface area contributed by atoms with Gasteiger partial charge in [0.1, 0.15) is 5.69 Å². The third-order valence-corrected chi connectivity index (χ3v) is 6.03. The summed E-state index contributed by atoms with van der Waals surface area (Å²) in [5.74, 6) is 0. The normalized spacial score (nSPS) is 11.6. The van der Waals surface area contributed by atoms with E-state index in [0.717, 1.165) is 21.2 Å². The standard InChI is InChI=1S/C25H17BrN3/c26-18-12-10-17(11-13-18)24-25-23-21(20-8-4-5-9-22(20)27-23)14-15-28(25)16-29(24)19-6-2-1-3-7-19/h1-16,27H/q+1. The molecule has 0 atom stereocenters. The zero-order valence-corrected chi connectivity index (χ0v) is 17.1. The predicted molar refractivity (Wildman–Crippen MR) is 121 cm³/mol. The number of rotatable bonds is 2. The van der Waals surface area contributed by atoms with Crippen LogP contribution in [0, 0.1) is 0 Å². The topological polar surface area (TPSA) is 24.8 Å². The molecule has 29 heavy (non-hydrogen) atoms. The minimum atomic E-state index is 1.08. The molecule has 0 spiro atoms. The second kappa shape index (κ2) is 6.33. The van der Waals surface area contributed by atoms with Crippen LogP contribution in [0.1, 0.15) is 0 Å². The molecule has 6 rings (SSSR count). The highest BCUT2D eigenvalue weighted by molar-refractivity contribution is 9.10. The SMILES string of the molecule is Brc1ccc(-c2c3c4[nH]c5ccccc5c4cc[n+]3cn2-c2ccccc2)cc1. The molecule has 0 unspecified atom stereocenters. The van der Waals surface area contributed by atoms with Crippen molar-refractivity contribution in [3.05, 3.63) is 102 Å². The van der Waals surface area contributed by atoms with Crippen molar-refractivity contribution in [1.82, 2.24) is 9.55 Å². The van der Waals surface area contributed by atoms with Gasteiger partial charge in [-0.05, 0) is 48.5 Å². The Labute approximate surface area is 176 Å². The Hall–Kier alpha value is -3.37. The zero-order valence-electron chi connectivity index (χ0n) is 15.5. The quantitative estimate of drug-likeness (QED) is 0.307. The number of imidazole rings is 1. The van der Waals surface area contributed by atoms with Gasteiger partial charge in [0.15, 0.2) is 5.69 Å². The Bertz CT molecular complexity index is 1490. The summed E-state index contributed by atoms with van der Waals surface area (Å²) in [4.78, 5) is 3.66. The number of hydrogen-bond acceptors (Lipinski definition) is 0. The van der Waals surface area contributed by atoms with E-state index in [1.54, 1.807) is 0 Å². The molecule has 0 saturated heterocycles. The average Bonchev–Trinajstić information content (AvgIpc) is 3.33. The second-order valence-electron chi connectivity index (χ2n) is 7.21. The number of fused-ring (bicyclic) bond motifs is 5. The van der Waals surface area contributed by atoms with Crippen molar-refractivity contribution in [1.29, 1.82) is 0 Å². The van der Waals surface area contributed by atoms with Gasteiger partial charge >= 0.3 is 0 Å². The minimum absolute atomic E-state index is 1.08. The van der Waals surface area contributed by atoms with E-state index in [9.17, 15) is 0 Å². The number of H-pyrrole nitrogens is 1. The number of pyridine rings is 1. The van der Waals surface area contributed by atoms with E-state index in [2.05, 4.69) is 127 Å². The molecule has 3 aromatic carbocycles. The number of para-hydroxylation sites is 2. The molecule has 4 heteroatoms. The van der Waals surface area contributed by atoms with Crippen molar-refractivity contribution >= 4 is 43.3 Å². The number of halogens is 1. The summed E-state index contributed by atoms with van der Waals surface area (Å²) < 4.78 is 5.55. The van der Waals surface area contributed by atoms with E-state index in [4.69, 9.17) is 0 Å². The van der Waals surface area contributed by atoms with Crippen molar-refractivity contribution < 1.29 is 4.40 Å². The molecule has 0 saturated carbocycles. The van der Waals surface area contributed by atoms with E-state index in [1.807, 2.05) is 0 Å². The fraction of sp³-hybridized carbons (Fsp3) is 0. The highest BCUT2D eigenvalue weighted by Gasteiger charge is 2.24. The van der Waals surface area contributed by atoms with Gasteiger partial charge in [-0.15, -0.1) is 0 Å². The lowest BCUT2D eigenvalue weighted by Crippen LogP contribution is -2.17. The largest absolute Gasteiger partial charge is 0.351 e. The van der Waals surface area contributed by atoms with Crippen LogP contribution in [0.4, 0.5) is 0 Å². The first-order valence-corrected chi connectivity index (χ1v) is 10.4. The summed E-state index contributed by atoms with van der Waals surface area (Å²) in [6, 6.07) is 29.7. The fourth-order valence-corrected chi connectivity index (χ4v) is 4.45. The zero-order chi connectivity index (χ0) is 19.4. The Balaban J connectivity index is 1.79. The van der Waals surface area contributed by atoms with Crippen LogP contribution in [0.15, 0.2) is 102 Å². The number of nitrogens with one attached hydrogen (secondary N) is 1. The Morgan fingerprint density at radius 1 is 0.759 bits per heavy atom. The Kier molecular flexibility index (Phi) is 3.61. The van der Waals surface area contributed by atoms with Gasteiger partial charge in [-0.3, -0.25) is 0 Å². The highest BCUT2D eigenvalue weighted by atomic mass is 79.9. The van der Waals surface area contributed by atoms with Crippen LogP contribution in [0.5, 0.6) is 0 Å². The maximum absolute atomic E-state index is 3.66. The van der Waals surface area contributed by atoms with Crippen molar-refractivity contribution in [2.45, 2.75) is 0 Å². The van der Waals surface area contributed by atoms with E-state index < -0.39 is 0 Å². The molecule has 0 aliphatic carbocycles. The summed E-state index contributed by atoms with van der Waals surface area (Å²) in [7, 11) is 0. The fourth-order valence-electron chi connectivity index (χ4n) is 4.18. The molecule has 0 fully saturated rings. The first-order chi connectivity index (χ1) is 14.3. The summed E-state index contributed by atoms with van der Waals surface area (Å²) in [6.07, 6.45) is 4.31. The van der Waals surface area contributed by atoms with E-state index in [0.29, 0.717) is 0 Å². The lowest BCUT2D eigenvalue weighted by atomic mass is 10.1. The molecule has 138 valence electrons. The van der Waals surface area contributed by atoms with Crippen molar-refractivity contribution in [3.8, 4) is 16.9 Å². The van der Waals surface area contributed by atoms with Crippen LogP contribution in [0.2, 0.25) is 0 Å². The number of benzene rings is 3.